The van der Waals surface area contributed by atoms with E-state index in [0.717, 1.165) is 10.4 Å². The molecule has 3 aromatic rings. The lowest BCUT2D eigenvalue weighted by atomic mass is 10.1. The van der Waals surface area contributed by atoms with Gasteiger partial charge in [0.1, 0.15) is 0 Å². The van der Waals surface area contributed by atoms with Crippen LogP contribution in [0.3, 0.4) is 0 Å². The average Bonchev–Trinajstić information content (AvgIpc) is 3.23. The van der Waals surface area contributed by atoms with Gasteiger partial charge in [-0.1, -0.05) is 30.0 Å². The minimum atomic E-state index is -0.343. The van der Waals surface area contributed by atoms with Crippen molar-refractivity contribution in [3.63, 3.8) is 0 Å². The van der Waals surface area contributed by atoms with Crippen molar-refractivity contribution in [3.8, 4) is 10.8 Å². The van der Waals surface area contributed by atoms with Crippen molar-refractivity contribution in [1.29, 1.82) is 0 Å². The van der Waals surface area contributed by atoms with Crippen molar-refractivity contribution in [2.24, 2.45) is 0 Å². The lowest BCUT2D eigenvalue weighted by Crippen LogP contribution is -2.01. The number of rotatable bonds is 5. The summed E-state index contributed by atoms with van der Waals surface area (Å²) in [6, 6.07) is 11.2. The first-order chi connectivity index (χ1) is 10.8. The predicted octanol–water partition coefficient (Wildman–Crippen LogP) is 3.88. The maximum atomic E-state index is 11.5. The summed E-state index contributed by atoms with van der Waals surface area (Å²) in [6.07, 6.45) is 0. The molecular weight excluding hydrogens is 320 g/mol. The first-order valence-corrected chi connectivity index (χ1v) is 8.30. The Kier molecular flexibility index (Phi) is 4.55. The Hall–Kier alpha value is -2.12. The standard InChI is InChI=1S/C15H12N2O3S2/c1-19-14(18)11-5-2-4-10(8-11)9-22-15-17-16-13(20-15)12-6-3-7-21-12/h2-8H,9H2,1H3. The van der Waals surface area contributed by atoms with Crippen LogP contribution in [0.1, 0.15) is 15.9 Å². The van der Waals surface area contributed by atoms with Gasteiger partial charge in [0.05, 0.1) is 17.6 Å². The topological polar surface area (TPSA) is 65.2 Å². The highest BCUT2D eigenvalue weighted by Gasteiger charge is 2.11. The number of carbonyl (C=O) groups excluding carboxylic acids is 1. The number of ether oxygens (including phenoxy) is 1. The molecule has 0 radical (unpaired) electrons. The summed E-state index contributed by atoms with van der Waals surface area (Å²) < 4.78 is 10.3. The highest BCUT2D eigenvalue weighted by molar-refractivity contribution is 7.98. The Balaban J connectivity index is 1.67. The van der Waals surface area contributed by atoms with E-state index in [-0.39, 0.29) is 5.97 Å². The highest BCUT2D eigenvalue weighted by atomic mass is 32.2. The zero-order valence-electron chi connectivity index (χ0n) is 11.7. The molecule has 0 spiro atoms. The summed E-state index contributed by atoms with van der Waals surface area (Å²) >= 11 is 2.99. The zero-order chi connectivity index (χ0) is 15.4. The number of hydrogen-bond acceptors (Lipinski definition) is 7. The van der Waals surface area contributed by atoms with Crippen LogP contribution in [0.2, 0.25) is 0 Å². The monoisotopic (exact) mass is 332 g/mol. The second-order valence-electron chi connectivity index (χ2n) is 4.33. The Morgan fingerprint density at radius 3 is 3.00 bits per heavy atom. The van der Waals surface area contributed by atoms with Gasteiger partial charge in [0.25, 0.3) is 11.1 Å². The Morgan fingerprint density at radius 2 is 2.23 bits per heavy atom. The molecule has 0 amide bonds. The smallest absolute Gasteiger partial charge is 0.337 e. The van der Waals surface area contributed by atoms with Crippen molar-refractivity contribution < 1.29 is 13.9 Å². The number of benzene rings is 1. The van der Waals surface area contributed by atoms with E-state index in [1.54, 1.807) is 23.5 Å². The number of carbonyl (C=O) groups is 1. The highest BCUT2D eigenvalue weighted by Crippen LogP contribution is 2.28. The molecule has 0 aliphatic carbocycles. The second-order valence-corrected chi connectivity index (χ2v) is 6.21. The van der Waals surface area contributed by atoms with Crippen LogP contribution in [-0.2, 0) is 10.5 Å². The summed E-state index contributed by atoms with van der Waals surface area (Å²) in [6.45, 7) is 0. The van der Waals surface area contributed by atoms with Crippen molar-refractivity contribution in [2.75, 3.05) is 7.11 Å². The van der Waals surface area contributed by atoms with Crippen molar-refractivity contribution in [1.82, 2.24) is 10.2 Å². The third kappa shape index (κ3) is 3.37. The van der Waals surface area contributed by atoms with E-state index >= 15 is 0 Å². The van der Waals surface area contributed by atoms with Gasteiger partial charge in [0.2, 0.25) is 0 Å². The summed E-state index contributed by atoms with van der Waals surface area (Å²) in [5, 5.41) is 10.5. The molecule has 0 fully saturated rings. The fourth-order valence-corrected chi connectivity index (χ4v) is 3.17. The molecular formula is C15H12N2O3S2. The first-order valence-electron chi connectivity index (χ1n) is 6.43. The molecule has 22 heavy (non-hydrogen) atoms. The van der Waals surface area contributed by atoms with Crippen LogP contribution in [0.25, 0.3) is 10.8 Å². The van der Waals surface area contributed by atoms with Crippen LogP contribution in [0.4, 0.5) is 0 Å². The fraction of sp³-hybridized carbons (Fsp3) is 0.133. The molecule has 5 nitrogen and oxygen atoms in total. The number of hydrogen-bond donors (Lipinski definition) is 0. The molecule has 0 atom stereocenters. The molecule has 0 unspecified atom stereocenters. The molecule has 7 heteroatoms. The number of methoxy groups -OCH3 is 1. The third-order valence-electron chi connectivity index (χ3n) is 2.85. The van der Waals surface area contributed by atoms with Crippen LogP contribution >= 0.6 is 23.1 Å². The molecule has 112 valence electrons. The summed E-state index contributed by atoms with van der Waals surface area (Å²) in [5.41, 5.74) is 1.52. The molecule has 2 aromatic heterocycles. The van der Waals surface area contributed by atoms with E-state index in [9.17, 15) is 4.79 Å². The van der Waals surface area contributed by atoms with Gasteiger partial charge in [-0.2, -0.15) is 0 Å². The SMILES string of the molecule is COC(=O)c1cccc(CSc2nnc(-c3cccs3)o2)c1. The van der Waals surface area contributed by atoms with E-state index in [4.69, 9.17) is 9.15 Å². The molecule has 0 saturated carbocycles. The van der Waals surface area contributed by atoms with E-state index < -0.39 is 0 Å². The lowest BCUT2D eigenvalue weighted by Gasteiger charge is -2.02. The van der Waals surface area contributed by atoms with Gasteiger partial charge in [-0.05, 0) is 29.1 Å². The number of thiophene rings is 1. The number of aromatic nitrogens is 2. The number of nitrogens with zero attached hydrogens (tertiary/aromatic N) is 2. The predicted molar refractivity (Wildman–Crippen MR) is 85.0 cm³/mol. The fourth-order valence-electron chi connectivity index (χ4n) is 1.82. The van der Waals surface area contributed by atoms with E-state index in [1.807, 2.05) is 29.6 Å². The van der Waals surface area contributed by atoms with Crippen molar-refractivity contribution >= 4 is 29.1 Å². The van der Waals surface area contributed by atoms with Crippen molar-refractivity contribution in [2.45, 2.75) is 11.0 Å². The third-order valence-corrected chi connectivity index (χ3v) is 4.60. The molecule has 0 aliphatic heterocycles. The number of esters is 1. The maximum absolute atomic E-state index is 11.5. The molecule has 0 N–H and O–H groups in total. The lowest BCUT2D eigenvalue weighted by molar-refractivity contribution is 0.0600. The quantitative estimate of drug-likeness (QED) is 0.522. The molecule has 0 aliphatic rings. The molecule has 1 aromatic carbocycles. The summed E-state index contributed by atoms with van der Waals surface area (Å²) in [5.74, 6) is 0.821. The van der Waals surface area contributed by atoms with Crippen LogP contribution < -0.4 is 0 Å². The minimum absolute atomic E-state index is 0.343. The Bertz CT molecular complexity index is 769. The van der Waals surface area contributed by atoms with Gasteiger partial charge >= 0.3 is 5.97 Å². The molecule has 3 rings (SSSR count). The molecule has 0 saturated heterocycles. The van der Waals surface area contributed by atoms with Gasteiger partial charge in [-0.25, -0.2) is 4.79 Å². The summed E-state index contributed by atoms with van der Waals surface area (Å²) in [4.78, 5) is 12.5. The van der Waals surface area contributed by atoms with Gasteiger partial charge < -0.3 is 9.15 Å². The van der Waals surface area contributed by atoms with Gasteiger partial charge in [-0.3, -0.25) is 0 Å². The van der Waals surface area contributed by atoms with E-state index in [1.165, 1.54) is 18.9 Å². The Morgan fingerprint density at radius 1 is 1.32 bits per heavy atom. The van der Waals surface area contributed by atoms with Gasteiger partial charge in [0, 0.05) is 5.75 Å². The summed E-state index contributed by atoms with van der Waals surface area (Å²) in [7, 11) is 1.37. The van der Waals surface area contributed by atoms with Crippen LogP contribution in [-0.4, -0.2) is 23.3 Å². The largest absolute Gasteiger partial charge is 0.465 e. The van der Waals surface area contributed by atoms with Crippen molar-refractivity contribution in [3.05, 3.63) is 52.9 Å². The second kappa shape index (κ2) is 6.76. The molecule has 2 heterocycles. The first kappa shape index (κ1) is 14.8. The van der Waals surface area contributed by atoms with Crippen LogP contribution in [0.5, 0.6) is 0 Å². The van der Waals surface area contributed by atoms with Gasteiger partial charge in [0.15, 0.2) is 0 Å². The number of thioether (sulfide) groups is 1. The van der Waals surface area contributed by atoms with E-state index in [0.29, 0.717) is 22.4 Å². The average molecular weight is 332 g/mol. The zero-order valence-corrected chi connectivity index (χ0v) is 13.3. The van der Waals surface area contributed by atoms with Gasteiger partial charge in [-0.15, -0.1) is 21.5 Å². The van der Waals surface area contributed by atoms with E-state index in [2.05, 4.69) is 10.2 Å². The maximum Gasteiger partial charge on any atom is 0.337 e. The van der Waals surface area contributed by atoms with Crippen LogP contribution in [0.15, 0.2) is 51.4 Å². The normalized spacial score (nSPS) is 10.6. The minimum Gasteiger partial charge on any atom is -0.465 e. The molecule has 0 bridgehead atoms. The Labute approximate surface area is 135 Å². The van der Waals surface area contributed by atoms with Crippen LogP contribution in [0, 0.1) is 0 Å².